The summed E-state index contributed by atoms with van der Waals surface area (Å²) in [6.07, 6.45) is -0.198. The van der Waals surface area contributed by atoms with Gasteiger partial charge in [-0.25, -0.2) is 0 Å². The third-order valence-corrected chi connectivity index (χ3v) is 2.74. The van der Waals surface area contributed by atoms with Gasteiger partial charge >= 0.3 is 0 Å². The van der Waals surface area contributed by atoms with E-state index in [-0.39, 0.29) is 6.29 Å². The molecule has 1 aromatic rings. The molecule has 0 radical (unpaired) electrons. The highest BCUT2D eigenvalue weighted by Gasteiger charge is 2.22. The first-order valence-corrected chi connectivity index (χ1v) is 5.69. The molecular weight excluding hydrogens is 204 g/mol. The summed E-state index contributed by atoms with van der Waals surface area (Å²) in [7, 11) is 0. The maximum atomic E-state index is 5.54. The molecular formula is C13H18O3. The lowest BCUT2D eigenvalue weighted by Gasteiger charge is -2.17. The van der Waals surface area contributed by atoms with Crippen LogP contribution in [0.25, 0.3) is 0 Å². The first kappa shape index (κ1) is 11.4. The van der Waals surface area contributed by atoms with Crippen LogP contribution in [0.1, 0.15) is 29.9 Å². The van der Waals surface area contributed by atoms with Gasteiger partial charge in [0.15, 0.2) is 6.29 Å². The monoisotopic (exact) mass is 222 g/mol. The zero-order valence-corrected chi connectivity index (χ0v) is 10.1. The van der Waals surface area contributed by atoms with Gasteiger partial charge in [0.25, 0.3) is 0 Å². The van der Waals surface area contributed by atoms with Crippen LogP contribution in [0.4, 0.5) is 0 Å². The average Bonchev–Trinajstić information content (AvgIpc) is 2.70. The summed E-state index contributed by atoms with van der Waals surface area (Å²) in [5.41, 5.74) is 3.46. The van der Waals surface area contributed by atoms with Gasteiger partial charge in [0.1, 0.15) is 5.75 Å². The van der Waals surface area contributed by atoms with Crippen molar-refractivity contribution >= 4 is 0 Å². The van der Waals surface area contributed by atoms with Crippen molar-refractivity contribution in [1.29, 1.82) is 0 Å². The minimum atomic E-state index is -0.198. The third kappa shape index (κ3) is 2.20. The van der Waals surface area contributed by atoms with E-state index in [1.807, 2.05) is 19.1 Å². The Balaban J connectivity index is 2.31. The SMILES string of the molecule is CCOc1cc(C)c(C2OCCO2)c(C)c1. The summed E-state index contributed by atoms with van der Waals surface area (Å²) in [4.78, 5) is 0. The van der Waals surface area contributed by atoms with Crippen LogP contribution in [0, 0.1) is 13.8 Å². The number of hydrogen-bond acceptors (Lipinski definition) is 3. The largest absolute Gasteiger partial charge is 0.494 e. The standard InChI is InChI=1S/C13H18O3/c1-4-14-11-7-9(2)12(10(3)8-11)13-15-5-6-16-13/h7-8,13H,4-6H2,1-3H3. The Morgan fingerprint density at radius 1 is 1.19 bits per heavy atom. The van der Waals surface area contributed by atoms with Gasteiger partial charge in [0.05, 0.1) is 19.8 Å². The minimum absolute atomic E-state index is 0.198. The molecule has 0 saturated carbocycles. The summed E-state index contributed by atoms with van der Waals surface area (Å²) in [5, 5.41) is 0. The van der Waals surface area contributed by atoms with E-state index in [1.165, 1.54) is 0 Å². The predicted octanol–water partition coefficient (Wildman–Crippen LogP) is 2.75. The molecule has 0 atom stereocenters. The van der Waals surface area contributed by atoms with E-state index in [1.54, 1.807) is 0 Å². The van der Waals surface area contributed by atoms with E-state index < -0.39 is 0 Å². The van der Waals surface area contributed by atoms with Gasteiger partial charge < -0.3 is 14.2 Å². The molecule has 3 heteroatoms. The van der Waals surface area contributed by atoms with Crippen molar-refractivity contribution in [3.63, 3.8) is 0 Å². The van der Waals surface area contributed by atoms with Crippen LogP contribution in [0.2, 0.25) is 0 Å². The van der Waals surface area contributed by atoms with Crippen LogP contribution in [0.15, 0.2) is 12.1 Å². The summed E-state index contributed by atoms with van der Waals surface area (Å²) in [6, 6.07) is 4.08. The van der Waals surface area contributed by atoms with Gasteiger partial charge in [-0.15, -0.1) is 0 Å². The molecule has 16 heavy (non-hydrogen) atoms. The molecule has 0 unspecified atom stereocenters. The Kier molecular flexibility index (Phi) is 3.46. The van der Waals surface area contributed by atoms with Crippen LogP contribution in [-0.2, 0) is 9.47 Å². The molecule has 1 saturated heterocycles. The Morgan fingerprint density at radius 2 is 1.75 bits per heavy atom. The summed E-state index contributed by atoms with van der Waals surface area (Å²) < 4.78 is 16.6. The maximum Gasteiger partial charge on any atom is 0.184 e. The second-order valence-electron chi connectivity index (χ2n) is 3.98. The van der Waals surface area contributed by atoms with Crippen LogP contribution < -0.4 is 4.74 Å². The topological polar surface area (TPSA) is 27.7 Å². The van der Waals surface area contributed by atoms with Gasteiger partial charge in [-0.1, -0.05) is 0 Å². The van der Waals surface area contributed by atoms with Gasteiger partial charge in [0, 0.05) is 5.56 Å². The van der Waals surface area contributed by atoms with Crippen LogP contribution >= 0.6 is 0 Å². The van der Waals surface area contributed by atoms with Gasteiger partial charge in [0.2, 0.25) is 0 Å². The van der Waals surface area contributed by atoms with Crippen LogP contribution in [-0.4, -0.2) is 19.8 Å². The van der Waals surface area contributed by atoms with Crippen molar-refractivity contribution in [2.75, 3.05) is 19.8 Å². The summed E-state index contributed by atoms with van der Waals surface area (Å²) >= 11 is 0. The van der Waals surface area contributed by atoms with Gasteiger partial charge in [-0.3, -0.25) is 0 Å². The lowest BCUT2D eigenvalue weighted by molar-refractivity contribution is -0.0449. The highest BCUT2D eigenvalue weighted by atomic mass is 16.7. The fourth-order valence-electron chi connectivity index (χ4n) is 2.08. The van der Waals surface area contributed by atoms with Gasteiger partial charge in [-0.05, 0) is 44.0 Å². The molecule has 0 amide bonds. The molecule has 1 heterocycles. The van der Waals surface area contributed by atoms with E-state index in [4.69, 9.17) is 14.2 Å². The van der Waals surface area contributed by atoms with Crippen molar-refractivity contribution in [1.82, 2.24) is 0 Å². The zero-order valence-electron chi connectivity index (χ0n) is 10.1. The number of aryl methyl sites for hydroxylation is 2. The fourth-order valence-corrected chi connectivity index (χ4v) is 2.08. The van der Waals surface area contributed by atoms with Crippen molar-refractivity contribution in [2.24, 2.45) is 0 Å². The summed E-state index contributed by atoms with van der Waals surface area (Å²) in [6.45, 7) is 8.16. The number of ether oxygens (including phenoxy) is 3. The Labute approximate surface area is 96.3 Å². The second-order valence-corrected chi connectivity index (χ2v) is 3.98. The molecule has 3 nitrogen and oxygen atoms in total. The number of hydrogen-bond donors (Lipinski definition) is 0. The van der Waals surface area contributed by atoms with E-state index in [0.29, 0.717) is 19.8 Å². The molecule has 1 aromatic carbocycles. The number of rotatable bonds is 3. The second kappa shape index (κ2) is 4.85. The number of benzene rings is 1. The summed E-state index contributed by atoms with van der Waals surface area (Å²) in [5.74, 6) is 0.916. The van der Waals surface area contributed by atoms with Crippen molar-refractivity contribution in [2.45, 2.75) is 27.1 Å². The Bertz CT molecular complexity index is 344. The van der Waals surface area contributed by atoms with Crippen molar-refractivity contribution in [3.8, 4) is 5.75 Å². The molecule has 0 spiro atoms. The van der Waals surface area contributed by atoms with Crippen molar-refractivity contribution in [3.05, 3.63) is 28.8 Å². The normalized spacial score (nSPS) is 16.7. The quantitative estimate of drug-likeness (QED) is 0.787. The van der Waals surface area contributed by atoms with E-state index >= 15 is 0 Å². The molecule has 0 aromatic heterocycles. The minimum Gasteiger partial charge on any atom is -0.494 e. The molecule has 0 N–H and O–H groups in total. The highest BCUT2D eigenvalue weighted by Crippen LogP contribution is 2.31. The van der Waals surface area contributed by atoms with E-state index in [0.717, 1.165) is 22.4 Å². The van der Waals surface area contributed by atoms with Crippen LogP contribution in [0.5, 0.6) is 5.75 Å². The molecule has 0 bridgehead atoms. The maximum absolute atomic E-state index is 5.54. The average molecular weight is 222 g/mol. The van der Waals surface area contributed by atoms with Crippen LogP contribution in [0.3, 0.4) is 0 Å². The third-order valence-electron chi connectivity index (χ3n) is 2.74. The zero-order chi connectivity index (χ0) is 11.5. The lowest BCUT2D eigenvalue weighted by Crippen LogP contribution is -2.04. The fraction of sp³-hybridized carbons (Fsp3) is 0.538. The molecule has 1 fully saturated rings. The lowest BCUT2D eigenvalue weighted by atomic mass is 10.0. The molecule has 2 rings (SSSR count). The Morgan fingerprint density at radius 3 is 2.25 bits per heavy atom. The molecule has 0 aliphatic carbocycles. The molecule has 1 aliphatic rings. The first-order chi connectivity index (χ1) is 7.72. The Hall–Kier alpha value is -1.06. The van der Waals surface area contributed by atoms with E-state index in [2.05, 4.69) is 13.8 Å². The highest BCUT2D eigenvalue weighted by molar-refractivity contribution is 5.42. The smallest absolute Gasteiger partial charge is 0.184 e. The first-order valence-electron chi connectivity index (χ1n) is 5.69. The molecule has 1 aliphatic heterocycles. The predicted molar refractivity (Wildman–Crippen MR) is 61.7 cm³/mol. The van der Waals surface area contributed by atoms with Crippen molar-refractivity contribution < 1.29 is 14.2 Å². The van der Waals surface area contributed by atoms with E-state index in [9.17, 15) is 0 Å². The van der Waals surface area contributed by atoms with Gasteiger partial charge in [-0.2, -0.15) is 0 Å². The molecule has 88 valence electrons.